The predicted molar refractivity (Wildman–Crippen MR) is 212 cm³/mol. The van der Waals surface area contributed by atoms with E-state index in [-0.39, 0.29) is 47.6 Å². The zero-order valence-corrected chi connectivity index (χ0v) is 33.3. The summed E-state index contributed by atoms with van der Waals surface area (Å²) in [6.45, 7) is 20.6. The molecule has 9 rings (SSSR count). The van der Waals surface area contributed by atoms with Crippen molar-refractivity contribution in [2.75, 3.05) is 24.5 Å². The van der Waals surface area contributed by atoms with E-state index in [2.05, 4.69) is 59.8 Å². The van der Waals surface area contributed by atoms with E-state index < -0.39 is 23.8 Å². The molecule has 0 bridgehead atoms. The highest BCUT2D eigenvalue weighted by molar-refractivity contribution is 6.33. The number of hydrogen-bond donors (Lipinski definition) is 1. The van der Waals surface area contributed by atoms with Gasteiger partial charge in [0.05, 0.1) is 22.7 Å². The van der Waals surface area contributed by atoms with Gasteiger partial charge in [0.25, 0.3) is 17.7 Å². The van der Waals surface area contributed by atoms with Gasteiger partial charge in [-0.1, -0.05) is 45.4 Å². The lowest BCUT2D eigenvalue weighted by molar-refractivity contribution is -0.199. The van der Waals surface area contributed by atoms with Crippen molar-refractivity contribution in [1.29, 1.82) is 0 Å². The van der Waals surface area contributed by atoms with Crippen molar-refractivity contribution in [1.82, 2.24) is 20.0 Å². The third-order valence-corrected chi connectivity index (χ3v) is 13.6. The Hall–Kier alpha value is -5.25. The van der Waals surface area contributed by atoms with E-state index in [0.29, 0.717) is 53.1 Å². The van der Waals surface area contributed by atoms with Crippen LogP contribution in [-0.2, 0) is 29.2 Å². The first-order valence-corrected chi connectivity index (χ1v) is 20.2. The largest absolute Gasteiger partial charge is 0.489 e. The molecule has 5 heterocycles. The number of nitrogens with one attached hydrogen (secondary N) is 1. The van der Waals surface area contributed by atoms with E-state index in [1.54, 1.807) is 18.2 Å². The number of anilines is 1. The molecular formula is C44H45ClN6O6. The number of fused-ring (bicyclic) bond motifs is 3. The first-order valence-electron chi connectivity index (χ1n) is 19.8. The Morgan fingerprint density at radius 2 is 1.47 bits per heavy atom. The average Bonchev–Trinajstić information content (AvgIpc) is 3.79. The van der Waals surface area contributed by atoms with Gasteiger partial charge in [-0.15, -0.1) is 0 Å². The fraction of sp³-hybridized carbons (Fsp3) is 0.455. The molecule has 0 radical (unpaired) electrons. The number of imide groups is 2. The van der Waals surface area contributed by atoms with Gasteiger partial charge in [-0.3, -0.25) is 39.1 Å². The van der Waals surface area contributed by atoms with Gasteiger partial charge in [0.2, 0.25) is 17.5 Å². The number of hydrogen-bond acceptors (Lipinski definition) is 8. The van der Waals surface area contributed by atoms with Gasteiger partial charge in [0.15, 0.2) is 0 Å². The summed E-state index contributed by atoms with van der Waals surface area (Å²) in [5.41, 5.74) is 5.42. The van der Waals surface area contributed by atoms with Crippen LogP contribution >= 0.6 is 11.6 Å². The monoisotopic (exact) mass is 788 g/mol. The normalized spacial score (nSPS) is 25.2. The molecule has 1 atom stereocenters. The van der Waals surface area contributed by atoms with E-state index >= 15 is 0 Å². The Balaban J connectivity index is 0.802. The molecule has 5 amide bonds. The van der Waals surface area contributed by atoms with E-state index in [1.807, 2.05) is 23.1 Å². The summed E-state index contributed by atoms with van der Waals surface area (Å²) in [6.07, 6.45) is 2.13. The van der Waals surface area contributed by atoms with Crippen LogP contribution in [0.4, 0.5) is 11.4 Å². The number of piperidine rings is 2. The van der Waals surface area contributed by atoms with Crippen LogP contribution in [0.25, 0.3) is 4.85 Å². The first kappa shape index (κ1) is 37.3. The molecule has 3 aromatic rings. The third kappa shape index (κ3) is 6.00. The number of rotatable bonds is 7. The highest BCUT2D eigenvalue weighted by atomic mass is 35.5. The maximum absolute atomic E-state index is 13.9. The maximum atomic E-state index is 13.9. The summed E-state index contributed by atoms with van der Waals surface area (Å²) < 4.78 is 6.50. The summed E-state index contributed by atoms with van der Waals surface area (Å²) >= 11 is 6.31. The molecule has 5 aliphatic heterocycles. The van der Waals surface area contributed by atoms with Crippen LogP contribution < -0.4 is 15.0 Å². The lowest BCUT2D eigenvalue weighted by Crippen LogP contribution is -2.74. The Labute approximate surface area is 336 Å². The summed E-state index contributed by atoms with van der Waals surface area (Å²) in [4.78, 5) is 76.0. The molecule has 0 spiro atoms. The molecule has 1 unspecified atom stereocenters. The number of carbonyl (C=O) groups excluding carboxylic acids is 5. The van der Waals surface area contributed by atoms with Gasteiger partial charge in [0.1, 0.15) is 17.9 Å². The molecule has 1 aliphatic carbocycles. The highest BCUT2D eigenvalue weighted by Crippen LogP contribution is 2.59. The van der Waals surface area contributed by atoms with Crippen molar-refractivity contribution in [3.05, 3.63) is 98.4 Å². The molecule has 13 heteroatoms. The predicted octanol–water partition coefficient (Wildman–Crippen LogP) is 6.36. The second kappa shape index (κ2) is 13.4. The summed E-state index contributed by atoms with van der Waals surface area (Å²) in [6, 6.07) is 14.1. The summed E-state index contributed by atoms with van der Waals surface area (Å²) in [5, 5.41) is 2.62. The van der Waals surface area contributed by atoms with Crippen LogP contribution in [0, 0.1) is 23.3 Å². The van der Waals surface area contributed by atoms with Crippen LogP contribution in [0.5, 0.6) is 5.75 Å². The van der Waals surface area contributed by atoms with Crippen molar-refractivity contribution in [2.45, 2.75) is 91.2 Å². The molecule has 3 aromatic carbocycles. The molecule has 57 heavy (non-hydrogen) atoms. The van der Waals surface area contributed by atoms with Crippen LogP contribution in [0.2, 0.25) is 5.02 Å². The van der Waals surface area contributed by atoms with Crippen molar-refractivity contribution in [2.24, 2.45) is 16.7 Å². The van der Waals surface area contributed by atoms with Crippen LogP contribution in [0.15, 0.2) is 48.5 Å². The average molecular weight is 789 g/mol. The van der Waals surface area contributed by atoms with Gasteiger partial charge >= 0.3 is 0 Å². The van der Waals surface area contributed by atoms with Crippen molar-refractivity contribution in [3.8, 4) is 5.75 Å². The second-order valence-electron chi connectivity index (χ2n) is 17.8. The van der Waals surface area contributed by atoms with E-state index in [1.165, 1.54) is 0 Å². The van der Waals surface area contributed by atoms with Crippen molar-refractivity contribution in [3.63, 3.8) is 0 Å². The Morgan fingerprint density at radius 3 is 2.09 bits per heavy atom. The van der Waals surface area contributed by atoms with Gasteiger partial charge in [-0.05, 0) is 84.3 Å². The number of carbonyl (C=O) groups is 5. The molecule has 2 saturated heterocycles. The Kier molecular flexibility index (Phi) is 8.79. The Morgan fingerprint density at radius 1 is 0.807 bits per heavy atom. The zero-order valence-electron chi connectivity index (χ0n) is 32.6. The number of amides is 5. The molecule has 6 aliphatic rings. The lowest BCUT2D eigenvalue weighted by Gasteiger charge is -2.65. The summed E-state index contributed by atoms with van der Waals surface area (Å²) in [5.74, 6) is -0.753. The fourth-order valence-corrected chi connectivity index (χ4v) is 11.3. The van der Waals surface area contributed by atoms with E-state index in [0.717, 1.165) is 65.3 Å². The van der Waals surface area contributed by atoms with Crippen molar-refractivity contribution < 1.29 is 28.7 Å². The standard InChI is InChI=1S/C44H45ClN6O6/c1-43(2)41(44(3,4)42(43)57-29-7-9-34(46-5)33(45)19-29)50-23-27-16-28(6-8-30(27)38(50)54)49-14-12-24(13-15-49)20-48-21-25-17-31-32(18-26(25)22-48)40(56)51(39(31)55)35-10-11-36(52)47-37(35)53/h6-9,16-19,24,35,41-42H,10-15,20-23H2,1-4H3,(H,47,52,53). The maximum Gasteiger partial charge on any atom is 0.262 e. The highest BCUT2D eigenvalue weighted by Gasteiger charge is 2.67. The number of ether oxygens (including phenoxy) is 1. The molecule has 1 N–H and O–H groups in total. The third-order valence-electron chi connectivity index (χ3n) is 13.3. The SMILES string of the molecule is [C-]#[N+]c1ccc(OC2C(C)(C)C(N3Cc4cc(N5CCC(CN6Cc7cc8c(cc7C6)C(=O)N(C6CCC(=O)NC6=O)C8=O)CC5)ccc4C3=O)C2(C)C)cc1Cl. The molecule has 0 aromatic heterocycles. The lowest BCUT2D eigenvalue weighted by atomic mass is 9.49. The van der Waals surface area contributed by atoms with E-state index in [4.69, 9.17) is 22.9 Å². The Bertz CT molecular complexity index is 2260. The molecule has 294 valence electrons. The first-order chi connectivity index (χ1) is 27.1. The van der Waals surface area contributed by atoms with Crippen molar-refractivity contribution >= 4 is 52.5 Å². The van der Waals surface area contributed by atoms with Gasteiger partial charge in [-0.2, -0.15) is 0 Å². The molecular weight excluding hydrogens is 744 g/mol. The number of benzene rings is 3. The van der Waals surface area contributed by atoms with Crippen LogP contribution in [-0.4, -0.2) is 82.1 Å². The minimum absolute atomic E-state index is 0.0432. The van der Waals surface area contributed by atoms with E-state index in [9.17, 15) is 24.0 Å². The quantitative estimate of drug-likeness (QED) is 0.217. The fourth-order valence-electron chi connectivity index (χ4n) is 11.0. The minimum Gasteiger partial charge on any atom is -0.489 e. The topological polar surface area (TPSA) is 124 Å². The smallest absolute Gasteiger partial charge is 0.262 e. The number of halogens is 1. The van der Waals surface area contributed by atoms with Gasteiger partial charge in [0, 0.05) is 73.8 Å². The molecule has 12 nitrogen and oxygen atoms in total. The van der Waals surface area contributed by atoms with Crippen LogP contribution in [0.1, 0.15) is 101 Å². The summed E-state index contributed by atoms with van der Waals surface area (Å²) in [7, 11) is 0. The molecule has 1 saturated carbocycles. The number of nitrogens with zero attached hydrogens (tertiary/aromatic N) is 5. The molecule has 3 fully saturated rings. The minimum atomic E-state index is -0.966. The van der Waals surface area contributed by atoms with Gasteiger partial charge in [-0.25, -0.2) is 4.85 Å². The second-order valence-corrected chi connectivity index (χ2v) is 18.2. The van der Waals surface area contributed by atoms with Crippen LogP contribution in [0.3, 0.4) is 0 Å². The van der Waals surface area contributed by atoms with Gasteiger partial charge < -0.3 is 14.5 Å². The zero-order chi connectivity index (χ0) is 40.1.